The second-order valence-corrected chi connectivity index (χ2v) is 8.72. The van der Waals surface area contributed by atoms with E-state index in [4.69, 9.17) is 0 Å². The third-order valence-electron chi connectivity index (χ3n) is 6.30. The van der Waals surface area contributed by atoms with Crippen LogP contribution in [0.5, 0.6) is 0 Å². The Morgan fingerprint density at radius 1 is 0.903 bits per heavy atom. The molecule has 1 aliphatic carbocycles. The Hall–Kier alpha value is -3.40. The van der Waals surface area contributed by atoms with Gasteiger partial charge in [0.2, 0.25) is 5.91 Å². The molecule has 0 radical (unpaired) electrons. The molecular formula is C27H26N2O2. The molecule has 5 rings (SSSR count). The summed E-state index contributed by atoms with van der Waals surface area (Å²) in [5.41, 5.74) is 5.49. The van der Waals surface area contributed by atoms with Crippen molar-refractivity contribution in [2.75, 3.05) is 5.32 Å². The first-order valence-electron chi connectivity index (χ1n) is 10.9. The van der Waals surface area contributed by atoms with Crippen LogP contribution in [0.2, 0.25) is 0 Å². The molecule has 0 unspecified atom stereocenters. The van der Waals surface area contributed by atoms with Crippen LogP contribution < -0.4 is 5.32 Å². The van der Waals surface area contributed by atoms with Crippen LogP contribution in [-0.4, -0.2) is 22.8 Å². The molecule has 1 heterocycles. The predicted molar refractivity (Wildman–Crippen MR) is 122 cm³/mol. The summed E-state index contributed by atoms with van der Waals surface area (Å²) >= 11 is 0. The van der Waals surface area contributed by atoms with Gasteiger partial charge in [0.05, 0.1) is 12.0 Å². The number of benzene rings is 3. The zero-order valence-electron chi connectivity index (χ0n) is 17.8. The Labute approximate surface area is 182 Å². The Bertz CT molecular complexity index is 1150. The fraction of sp³-hybridized carbons (Fsp3) is 0.259. The molecule has 0 aromatic heterocycles. The van der Waals surface area contributed by atoms with E-state index in [0.29, 0.717) is 5.56 Å². The highest BCUT2D eigenvalue weighted by Gasteiger charge is 2.49. The fourth-order valence-corrected chi connectivity index (χ4v) is 4.65. The van der Waals surface area contributed by atoms with Gasteiger partial charge in [-0.3, -0.25) is 9.59 Å². The number of nitrogens with one attached hydrogen (secondary N) is 1. The van der Waals surface area contributed by atoms with Crippen molar-refractivity contribution < 1.29 is 9.59 Å². The minimum absolute atomic E-state index is 0.0315. The number of anilines is 1. The van der Waals surface area contributed by atoms with Crippen molar-refractivity contribution in [2.24, 2.45) is 0 Å². The first kappa shape index (κ1) is 19.6. The van der Waals surface area contributed by atoms with E-state index in [2.05, 4.69) is 11.4 Å². The molecule has 1 fully saturated rings. The van der Waals surface area contributed by atoms with Crippen molar-refractivity contribution in [3.63, 3.8) is 0 Å². The molecule has 3 aromatic rings. The zero-order chi connectivity index (χ0) is 21.5. The summed E-state index contributed by atoms with van der Waals surface area (Å²) in [4.78, 5) is 29.2. The molecule has 31 heavy (non-hydrogen) atoms. The summed E-state index contributed by atoms with van der Waals surface area (Å²) < 4.78 is 0. The molecule has 2 aliphatic rings. The fourth-order valence-electron chi connectivity index (χ4n) is 4.65. The lowest BCUT2D eigenvalue weighted by Crippen LogP contribution is -2.47. The van der Waals surface area contributed by atoms with Gasteiger partial charge in [-0.2, -0.15) is 0 Å². The first-order valence-corrected chi connectivity index (χ1v) is 10.9. The van der Waals surface area contributed by atoms with Gasteiger partial charge < -0.3 is 10.2 Å². The van der Waals surface area contributed by atoms with Gasteiger partial charge in [-0.15, -0.1) is 0 Å². The Morgan fingerprint density at radius 3 is 2.35 bits per heavy atom. The molecule has 0 spiro atoms. The van der Waals surface area contributed by atoms with E-state index in [1.807, 2.05) is 85.5 Å². The van der Waals surface area contributed by atoms with Crippen LogP contribution in [0.4, 0.5) is 5.69 Å². The third kappa shape index (κ3) is 3.63. The molecule has 2 atom stereocenters. The van der Waals surface area contributed by atoms with Gasteiger partial charge in [0.25, 0.3) is 5.91 Å². The molecule has 3 aromatic carbocycles. The Balaban J connectivity index is 1.63. The lowest BCUT2D eigenvalue weighted by molar-refractivity contribution is -0.119. The predicted octanol–water partition coefficient (Wildman–Crippen LogP) is 5.39. The van der Waals surface area contributed by atoms with Crippen molar-refractivity contribution in [2.45, 2.75) is 44.7 Å². The maximum atomic E-state index is 13.7. The first-order chi connectivity index (χ1) is 15.0. The second kappa shape index (κ2) is 7.69. The monoisotopic (exact) mass is 410 g/mol. The van der Waals surface area contributed by atoms with Gasteiger partial charge >= 0.3 is 0 Å². The minimum Gasteiger partial charge on any atom is -0.327 e. The van der Waals surface area contributed by atoms with Gasteiger partial charge in [0.1, 0.15) is 0 Å². The second-order valence-electron chi connectivity index (χ2n) is 8.72. The molecule has 0 bridgehead atoms. The number of nitrogens with zero attached hydrogens (tertiary/aromatic N) is 1. The van der Waals surface area contributed by atoms with E-state index >= 15 is 0 Å². The maximum Gasteiger partial charge on any atom is 0.254 e. The van der Waals surface area contributed by atoms with Crippen LogP contribution in [0.1, 0.15) is 57.4 Å². The van der Waals surface area contributed by atoms with Gasteiger partial charge in [-0.05, 0) is 56.0 Å². The van der Waals surface area contributed by atoms with Crippen molar-refractivity contribution in [3.05, 3.63) is 101 Å². The SMILES string of the molecule is Cc1ccc(NC(=O)[C@H]2c3ccccc3C(=O)N(C3CC3)[C@@H]2c2cccc(C)c2)cc1. The zero-order valence-corrected chi connectivity index (χ0v) is 17.8. The van der Waals surface area contributed by atoms with Crippen LogP contribution in [0.25, 0.3) is 0 Å². The van der Waals surface area contributed by atoms with Gasteiger partial charge in [0.15, 0.2) is 0 Å². The number of rotatable bonds is 4. The van der Waals surface area contributed by atoms with Crippen molar-refractivity contribution in [1.82, 2.24) is 4.90 Å². The average molecular weight is 411 g/mol. The largest absolute Gasteiger partial charge is 0.327 e. The molecular weight excluding hydrogens is 384 g/mol. The number of carbonyl (C=O) groups is 2. The number of hydrogen-bond acceptors (Lipinski definition) is 2. The number of hydrogen-bond donors (Lipinski definition) is 1. The van der Waals surface area contributed by atoms with Crippen LogP contribution in [-0.2, 0) is 4.79 Å². The van der Waals surface area contributed by atoms with E-state index in [-0.39, 0.29) is 23.9 Å². The highest BCUT2D eigenvalue weighted by molar-refractivity contribution is 6.04. The smallest absolute Gasteiger partial charge is 0.254 e. The number of carbonyl (C=O) groups excluding carboxylic acids is 2. The normalized spacial score (nSPS) is 20.3. The van der Waals surface area contributed by atoms with E-state index in [1.165, 1.54) is 0 Å². The standard InChI is InChI=1S/C27H26N2O2/c1-17-10-12-20(13-11-17)28-26(30)24-22-8-3-4-9-23(22)27(31)29(21-14-15-21)25(24)19-7-5-6-18(2)16-19/h3-13,16,21,24-25H,14-15H2,1-2H3,(H,28,30)/t24-,25+/m0/s1. The lowest BCUT2D eigenvalue weighted by Gasteiger charge is -2.42. The summed E-state index contributed by atoms with van der Waals surface area (Å²) in [6.07, 6.45) is 1.98. The van der Waals surface area contributed by atoms with E-state index in [1.54, 1.807) is 0 Å². The summed E-state index contributed by atoms with van der Waals surface area (Å²) in [5.74, 6) is -0.525. The average Bonchev–Trinajstić information content (AvgIpc) is 3.60. The van der Waals surface area contributed by atoms with E-state index in [0.717, 1.165) is 40.8 Å². The highest BCUT2D eigenvalue weighted by Crippen LogP contribution is 2.48. The summed E-state index contributed by atoms with van der Waals surface area (Å²) in [5, 5.41) is 3.11. The molecule has 0 saturated heterocycles. The van der Waals surface area contributed by atoms with Crippen LogP contribution in [0, 0.1) is 13.8 Å². The molecule has 1 N–H and O–H groups in total. The molecule has 2 amide bonds. The topological polar surface area (TPSA) is 49.4 Å². The number of amides is 2. The van der Waals surface area contributed by atoms with E-state index in [9.17, 15) is 9.59 Å². The summed E-state index contributed by atoms with van der Waals surface area (Å²) in [6, 6.07) is 23.5. The highest BCUT2D eigenvalue weighted by atomic mass is 16.2. The molecule has 1 saturated carbocycles. The van der Waals surface area contributed by atoms with Crippen molar-refractivity contribution in [1.29, 1.82) is 0 Å². The maximum absolute atomic E-state index is 13.7. The van der Waals surface area contributed by atoms with Crippen LogP contribution in [0.15, 0.2) is 72.8 Å². The van der Waals surface area contributed by atoms with Crippen LogP contribution >= 0.6 is 0 Å². The third-order valence-corrected chi connectivity index (χ3v) is 6.30. The van der Waals surface area contributed by atoms with Crippen molar-refractivity contribution in [3.8, 4) is 0 Å². The van der Waals surface area contributed by atoms with Gasteiger partial charge in [-0.25, -0.2) is 0 Å². The minimum atomic E-state index is -0.474. The van der Waals surface area contributed by atoms with E-state index < -0.39 is 5.92 Å². The molecule has 4 nitrogen and oxygen atoms in total. The number of fused-ring (bicyclic) bond motifs is 1. The quantitative estimate of drug-likeness (QED) is 0.627. The number of aryl methyl sites for hydroxylation is 2. The molecule has 4 heteroatoms. The Morgan fingerprint density at radius 2 is 1.65 bits per heavy atom. The molecule has 156 valence electrons. The summed E-state index contributed by atoms with van der Waals surface area (Å²) in [7, 11) is 0. The summed E-state index contributed by atoms with van der Waals surface area (Å²) in [6.45, 7) is 4.07. The lowest BCUT2D eigenvalue weighted by atomic mass is 9.78. The van der Waals surface area contributed by atoms with Gasteiger partial charge in [-0.1, -0.05) is 65.7 Å². The van der Waals surface area contributed by atoms with Gasteiger partial charge in [0, 0.05) is 17.3 Å². The molecule has 1 aliphatic heterocycles. The van der Waals surface area contributed by atoms with Crippen LogP contribution in [0.3, 0.4) is 0 Å². The van der Waals surface area contributed by atoms with Crippen molar-refractivity contribution >= 4 is 17.5 Å². The Kier molecular flexibility index (Phi) is 4.85.